The highest BCUT2D eigenvalue weighted by Crippen LogP contribution is 2.12. The van der Waals surface area contributed by atoms with E-state index in [2.05, 4.69) is 5.32 Å². The average molecular weight is 262 g/mol. The molecule has 0 aliphatic carbocycles. The number of hydrogen-bond donors (Lipinski definition) is 3. The molecular weight excluding hydrogens is 244 g/mol. The number of amides is 1. The Labute approximate surface area is 112 Å². The van der Waals surface area contributed by atoms with Gasteiger partial charge >= 0.3 is 5.97 Å². The summed E-state index contributed by atoms with van der Waals surface area (Å²) in [6, 6.07) is 6.68. The van der Waals surface area contributed by atoms with Crippen LogP contribution < -0.4 is 11.1 Å². The monoisotopic (exact) mass is 262 g/mol. The van der Waals surface area contributed by atoms with Crippen LogP contribution in [0.1, 0.15) is 19.4 Å². The summed E-state index contributed by atoms with van der Waals surface area (Å²) in [7, 11) is 0. The summed E-state index contributed by atoms with van der Waals surface area (Å²) in [5.74, 6) is -1.40. The number of nitrogens with one attached hydrogen (secondary N) is 1. The Morgan fingerprint density at radius 1 is 1.26 bits per heavy atom. The lowest BCUT2D eigenvalue weighted by molar-refractivity contribution is -0.131. The minimum absolute atomic E-state index is 0.135. The molecule has 0 saturated carbocycles. The van der Waals surface area contributed by atoms with Crippen molar-refractivity contribution in [2.75, 3.05) is 5.32 Å². The molecule has 19 heavy (non-hydrogen) atoms. The summed E-state index contributed by atoms with van der Waals surface area (Å²) in [5, 5.41) is 11.3. The minimum Gasteiger partial charge on any atom is -0.478 e. The number of rotatable bonds is 5. The molecule has 102 valence electrons. The van der Waals surface area contributed by atoms with Gasteiger partial charge in [-0.05, 0) is 30.7 Å². The molecule has 1 rings (SSSR count). The van der Waals surface area contributed by atoms with Crippen molar-refractivity contribution in [2.24, 2.45) is 11.7 Å². The number of anilines is 1. The van der Waals surface area contributed by atoms with Crippen molar-refractivity contribution in [1.29, 1.82) is 0 Å². The number of carbonyl (C=O) groups excluding carboxylic acids is 1. The van der Waals surface area contributed by atoms with Crippen molar-refractivity contribution < 1.29 is 14.7 Å². The van der Waals surface area contributed by atoms with Crippen molar-refractivity contribution >= 4 is 23.6 Å². The van der Waals surface area contributed by atoms with Crippen LogP contribution in [0.25, 0.3) is 6.08 Å². The first-order valence-electron chi connectivity index (χ1n) is 5.97. The quantitative estimate of drug-likeness (QED) is 0.704. The molecule has 0 bridgehead atoms. The molecule has 0 heterocycles. The van der Waals surface area contributed by atoms with E-state index in [0.29, 0.717) is 5.69 Å². The van der Waals surface area contributed by atoms with Crippen LogP contribution in [0.3, 0.4) is 0 Å². The molecule has 0 fully saturated rings. The van der Waals surface area contributed by atoms with Crippen molar-refractivity contribution in [3.63, 3.8) is 0 Å². The zero-order valence-corrected chi connectivity index (χ0v) is 11.0. The predicted octanol–water partition coefficient (Wildman–Crippen LogP) is 1.71. The van der Waals surface area contributed by atoms with Crippen LogP contribution in [-0.4, -0.2) is 23.0 Å². The normalized spacial score (nSPS) is 14.1. The molecule has 5 nitrogen and oxygen atoms in total. The Hall–Kier alpha value is -2.14. The first-order chi connectivity index (χ1) is 8.90. The smallest absolute Gasteiger partial charge is 0.328 e. The summed E-state index contributed by atoms with van der Waals surface area (Å²) < 4.78 is 0. The first-order valence-corrected chi connectivity index (χ1v) is 5.97. The molecule has 5 heteroatoms. The van der Waals surface area contributed by atoms with Gasteiger partial charge in [-0.25, -0.2) is 4.79 Å². The number of nitrogens with two attached hydrogens (primary N) is 1. The van der Waals surface area contributed by atoms with Crippen LogP contribution in [0.15, 0.2) is 30.3 Å². The Bertz CT molecular complexity index is 478. The molecule has 0 aromatic heterocycles. The van der Waals surface area contributed by atoms with E-state index in [4.69, 9.17) is 10.8 Å². The minimum atomic E-state index is -0.997. The Kier molecular flexibility index (Phi) is 5.26. The molecule has 1 aromatic carbocycles. The second-order valence-corrected chi connectivity index (χ2v) is 4.43. The van der Waals surface area contributed by atoms with Crippen molar-refractivity contribution in [1.82, 2.24) is 0 Å². The number of carboxylic acids is 1. The molecule has 0 aliphatic heterocycles. The van der Waals surface area contributed by atoms with Crippen molar-refractivity contribution in [2.45, 2.75) is 19.9 Å². The topological polar surface area (TPSA) is 92.4 Å². The molecule has 0 aliphatic rings. The van der Waals surface area contributed by atoms with E-state index in [9.17, 15) is 9.59 Å². The zero-order valence-electron chi connectivity index (χ0n) is 11.0. The molecule has 1 aromatic rings. The van der Waals surface area contributed by atoms with Gasteiger partial charge in [0.2, 0.25) is 5.91 Å². The number of carboxylic acid groups (broad SMARTS) is 1. The van der Waals surface area contributed by atoms with E-state index in [0.717, 1.165) is 11.6 Å². The fraction of sp³-hybridized carbons (Fsp3) is 0.286. The standard InChI is InChI=1S/C14H18N2O3/c1-9(10(2)15)14(19)16-12-6-3-11(4-7-12)5-8-13(17)18/h3-10H,15H2,1-2H3,(H,16,19)(H,17,18)/b8-5+. The van der Waals surface area contributed by atoms with Gasteiger partial charge in [0.05, 0.1) is 5.92 Å². The molecule has 4 N–H and O–H groups in total. The fourth-order valence-electron chi connectivity index (χ4n) is 1.34. The van der Waals surface area contributed by atoms with E-state index in [1.165, 1.54) is 6.08 Å². The molecule has 2 atom stereocenters. The molecule has 2 unspecified atom stereocenters. The Balaban J connectivity index is 2.67. The SMILES string of the molecule is CC(N)C(C)C(=O)Nc1ccc(/C=C/C(=O)O)cc1. The van der Waals surface area contributed by atoms with Crippen LogP contribution in [0.2, 0.25) is 0 Å². The van der Waals surface area contributed by atoms with E-state index in [1.807, 2.05) is 0 Å². The highest BCUT2D eigenvalue weighted by atomic mass is 16.4. The maximum absolute atomic E-state index is 11.8. The summed E-state index contributed by atoms with van der Waals surface area (Å²) in [4.78, 5) is 22.1. The molecule has 1 amide bonds. The highest BCUT2D eigenvalue weighted by Gasteiger charge is 2.16. The third kappa shape index (κ3) is 4.93. The van der Waals surface area contributed by atoms with Crippen LogP contribution in [0.4, 0.5) is 5.69 Å². The van der Waals surface area contributed by atoms with E-state index >= 15 is 0 Å². The zero-order chi connectivity index (χ0) is 14.4. The number of carbonyl (C=O) groups is 2. The molecule has 0 saturated heterocycles. The Morgan fingerprint density at radius 3 is 2.32 bits per heavy atom. The number of aliphatic carboxylic acids is 1. The lowest BCUT2D eigenvalue weighted by Gasteiger charge is -2.15. The summed E-state index contributed by atoms with van der Waals surface area (Å²) in [5.41, 5.74) is 7.06. The van der Waals surface area contributed by atoms with Gasteiger partial charge in [0.1, 0.15) is 0 Å². The fourth-order valence-corrected chi connectivity index (χ4v) is 1.34. The second kappa shape index (κ2) is 6.70. The van der Waals surface area contributed by atoms with Gasteiger partial charge < -0.3 is 16.2 Å². The summed E-state index contributed by atoms with van der Waals surface area (Å²) in [6.07, 6.45) is 2.55. The van der Waals surface area contributed by atoms with Crippen LogP contribution in [-0.2, 0) is 9.59 Å². The maximum Gasteiger partial charge on any atom is 0.328 e. The van der Waals surface area contributed by atoms with Gasteiger partial charge in [0.25, 0.3) is 0 Å². The van der Waals surface area contributed by atoms with Gasteiger partial charge in [-0.15, -0.1) is 0 Å². The molecule has 0 radical (unpaired) electrons. The lowest BCUT2D eigenvalue weighted by Crippen LogP contribution is -2.34. The van der Waals surface area contributed by atoms with Crippen LogP contribution in [0.5, 0.6) is 0 Å². The van der Waals surface area contributed by atoms with Gasteiger partial charge in [-0.3, -0.25) is 4.79 Å². The summed E-state index contributed by atoms with van der Waals surface area (Å²) >= 11 is 0. The van der Waals surface area contributed by atoms with Crippen LogP contribution >= 0.6 is 0 Å². The second-order valence-electron chi connectivity index (χ2n) is 4.43. The molecule has 0 spiro atoms. The van der Waals surface area contributed by atoms with E-state index in [-0.39, 0.29) is 17.9 Å². The van der Waals surface area contributed by atoms with Gasteiger partial charge in [-0.2, -0.15) is 0 Å². The third-order valence-corrected chi connectivity index (χ3v) is 2.80. The number of benzene rings is 1. The largest absolute Gasteiger partial charge is 0.478 e. The van der Waals surface area contributed by atoms with Gasteiger partial charge in [0, 0.05) is 17.8 Å². The van der Waals surface area contributed by atoms with Gasteiger partial charge in [-0.1, -0.05) is 19.1 Å². The van der Waals surface area contributed by atoms with Gasteiger partial charge in [0.15, 0.2) is 0 Å². The number of hydrogen-bond acceptors (Lipinski definition) is 3. The van der Waals surface area contributed by atoms with E-state index < -0.39 is 5.97 Å². The van der Waals surface area contributed by atoms with Crippen molar-refractivity contribution in [3.8, 4) is 0 Å². The lowest BCUT2D eigenvalue weighted by atomic mass is 10.0. The Morgan fingerprint density at radius 2 is 1.84 bits per heavy atom. The molecular formula is C14H18N2O3. The average Bonchev–Trinajstić information content (AvgIpc) is 2.36. The maximum atomic E-state index is 11.8. The first kappa shape index (κ1) is 14.9. The highest BCUT2D eigenvalue weighted by molar-refractivity contribution is 5.93. The summed E-state index contributed by atoms with van der Waals surface area (Å²) in [6.45, 7) is 3.55. The predicted molar refractivity (Wildman–Crippen MR) is 74.6 cm³/mol. The van der Waals surface area contributed by atoms with Crippen LogP contribution in [0, 0.1) is 5.92 Å². The van der Waals surface area contributed by atoms with E-state index in [1.54, 1.807) is 38.1 Å². The van der Waals surface area contributed by atoms with Crippen molar-refractivity contribution in [3.05, 3.63) is 35.9 Å². The third-order valence-electron chi connectivity index (χ3n) is 2.80.